The van der Waals surface area contributed by atoms with Crippen molar-refractivity contribution in [3.05, 3.63) is 0 Å². The molecule has 4 saturated carbocycles. The van der Waals surface area contributed by atoms with Crippen LogP contribution in [0.1, 0.15) is 149 Å². The van der Waals surface area contributed by atoms with Crippen molar-refractivity contribution in [3.63, 3.8) is 0 Å². The van der Waals surface area contributed by atoms with E-state index in [0.717, 1.165) is 23.7 Å². The fraction of sp³-hybridized carbons (Fsp3) is 1.00. The maximum absolute atomic E-state index is 6.17. The molecule has 4 aliphatic rings. The molecule has 0 unspecified atom stereocenters. The largest absolute Gasteiger partial charge is 0.328 e. The Labute approximate surface area is 224 Å². The van der Waals surface area contributed by atoms with Crippen molar-refractivity contribution < 1.29 is 0 Å². The third-order valence-electron chi connectivity index (χ3n) is 11.1. The van der Waals surface area contributed by atoms with E-state index in [1.165, 1.54) is 135 Å². The normalized spacial score (nSPS) is 38.2. The molecule has 0 radical (unpaired) electrons. The lowest BCUT2D eigenvalue weighted by Crippen LogP contribution is -2.44. The Kier molecular flexibility index (Phi) is 13.0. The van der Waals surface area contributed by atoms with E-state index < -0.39 is 0 Å². The third kappa shape index (κ3) is 8.95. The Morgan fingerprint density at radius 1 is 0.444 bits per heavy atom. The first-order valence-corrected chi connectivity index (χ1v) is 16.4. The minimum Gasteiger partial charge on any atom is -0.328 e. The van der Waals surface area contributed by atoms with E-state index in [0.29, 0.717) is 29.6 Å². The predicted octanol–water partition coefficient (Wildman–Crippen LogP) is 7.02. The Morgan fingerprint density at radius 2 is 0.722 bits per heavy atom. The van der Waals surface area contributed by atoms with Crippen LogP contribution in [-0.2, 0) is 0 Å². The van der Waals surface area contributed by atoms with Gasteiger partial charge in [0, 0.05) is 24.2 Å². The first-order valence-electron chi connectivity index (χ1n) is 16.4. The summed E-state index contributed by atoms with van der Waals surface area (Å²) in [7, 11) is 0. The molecule has 0 spiro atoms. The zero-order chi connectivity index (χ0) is 26.0. The van der Waals surface area contributed by atoms with Crippen molar-refractivity contribution in [2.75, 3.05) is 0 Å². The van der Waals surface area contributed by atoms with Gasteiger partial charge in [-0.1, -0.05) is 26.7 Å². The standard InChI is InChI=1S/C19H38N2.C13H26N2/c1-3-13-19(14-4-2,15-5-9-17(20)10-6-15)16-7-11-18(21)12-8-16;14-12-5-1-10(2-6-12)9-11-3-7-13(15)8-4-11/h15-18H,3-14,20-21H2,1-2H3;10-13H,1-9,14-15H2. The monoisotopic (exact) mass is 505 g/mol. The summed E-state index contributed by atoms with van der Waals surface area (Å²) in [6, 6.07) is 1.95. The zero-order valence-electron chi connectivity index (χ0n) is 24.3. The van der Waals surface area contributed by atoms with Gasteiger partial charge >= 0.3 is 0 Å². The topological polar surface area (TPSA) is 104 Å². The van der Waals surface area contributed by atoms with Crippen LogP contribution in [0.15, 0.2) is 0 Å². The molecule has 0 atom stereocenters. The molecule has 0 aliphatic heterocycles. The molecule has 0 saturated heterocycles. The highest BCUT2D eigenvalue weighted by atomic mass is 14.7. The molecule has 0 aromatic heterocycles. The quantitative estimate of drug-likeness (QED) is 0.285. The molecular weight excluding hydrogens is 440 g/mol. The maximum Gasteiger partial charge on any atom is 0.00390 e. The molecule has 0 aromatic rings. The van der Waals surface area contributed by atoms with Crippen LogP contribution in [0, 0.1) is 29.1 Å². The molecule has 8 N–H and O–H groups in total. The first-order chi connectivity index (χ1) is 17.4. The van der Waals surface area contributed by atoms with Crippen molar-refractivity contribution >= 4 is 0 Å². The summed E-state index contributed by atoms with van der Waals surface area (Å²) in [5.41, 5.74) is 24.8. The van der Waals surface area contributed by atoms with E-state index in [9.17, 15) is 0 Å². The fourth-order valence-electron chi connectivity index (χ4n) is 8.91. The van der Waals surface area contributed by atoms with Crippen LogP contribution in [0.5, 0.6) is 0 Å². The van der Waals surface area contributed by atoms with Gasteiger partial charge in [0.15, 0.2) is 0 Å². The van der Waals surface area contributed by atoms with Gasteiger partial charge in [-0.3, -0.25) is 0 Å². The van der Waals surface area contributed by atoms with Crippen molar-refractivity contribution in [2.45, 2.75) is 173 Å². The van der Waals surface area contributed by atoms with Crippen molar-refractivity contribution in [1.29, 1.82) is 0 Å². The Bertz CT molecular complexity index is 513. The lowest BCUT2D eigenvalue weighted by Gasteiger charge is -2.51. The molecule has 0 heterocycles. The van der Waals surface area contributed by atoms with E-state index in [1.807, 2.05) is 0 Å². The molecule has 4 rings (SSSR count). The highest BCUT2D eigenvalue weighted by molar-refractivity contribution is 4.96. The van der Waals surface area contributed by atoms with E-state index in [1.54, 1.807) is 0 Å². The van der Waals surface area contributed by atoms with Gasteiger partial charge in [0.1, 0.15) is 0 Å². The van der Waals surface area contributed by atoms with Crippen molar-refractivity contribution in [2.24, 2.45) is 52.0 Å². The second-order valence-corrected chi connectivity index (χ2v) is 13.8. The van der Waals surface area contributed by atoms with E-state index in [-0.39, 0.29) is 0 Å². The predicted molar refractivity (Wildman–Crippen MR) is 157 cm³/mol. The maximum atomic E-state index is 6.17. The van der Waals surface area contributed by atoms with Gasteiger partial charge in [-0.15, -0.1) is 0 Å². The molecule has 0 bridgehead atoms. The average molecular weight is 505 g/mol. The minimum absolute atomic E-state index is 0.474. The fourth-order valence-corrected chi connectivity index (χ4v) is 8.91. The number of hydrogen-bond acceptors (Lipinski definition) is 4. The van der Waals surface area contributed by atoms with Gasteiger partial charge in [-0.25, -0.2) is 0 Å². The molecule has 4 fully saturated rings. The average Bonchev–Trinajstić information content (AvgIpc) is 2.88. The second kappa shape index (κ2) is 15.4. The van der Waals surface area contributed by atoms with Crippen LogP contribution >= 0.6 is 0 Å². The lowest BCUT2D eigenvalue weighted by atomic mass is 9.55. The summed E-state index contributed by atoms with van der Waals surface area (Å²) < 4.78 is 0. The van der Waals surface area contributed by atoms with Crippen LogP contribution in [0.3, 0.4) is 0 Å². The molecule has 212 valence electrons. The SMILES string of the molecule is CCCC(CCC)(C1CCC(N)CC1)C1CCC(N)CC1.NC1CCC(CC2CCC(N)CC2)CC1. The summed E-state index contributed by atoms with van der Waals surface area (Å²) in [6.07, 6.45) is 28.1. The molecule has 4 nitrogen and oxygen atoms in total. The smallest absolute Gasteiger partial charge is 0.00390 e. The molecule has 4 aliphatic carbocycles. The molecule has 0 amide bonds. The molecule has 36 heavy (non-hydrogen) atoms. The second-order valence-electron chi connectivity index (χ2n) is 13.8. The van der Waals surface area contributed by atoms with Crippen LogP contribution in [-0.4, -0.2) is 24.2 Å². The van der Waals surface area contributed by atoms with E-state index in [2.05, 4.69) is 13.8 Å². The van der Waals surface area contributed by atoms with Gasteiger partial charge < -0.3 is 22.9 Å². The van der Waals surface area contributed by atoms with Crippen LogP contribution < -0.4 is 22.9 Å². The molecule has 4 heteroatoms. The Morgan fingerprint density at radius 3 is 1.00 bits per heavy atom. The lowest BCUT2D eigenvalue weighted by molar-refractivity contribution is -0.000906. The number of hydrogen-bond donors (Lipinski definition) is 4. The number of rotatable bonds is 8. The van der Waals surface area contributed by atoms with Gasteiger partial charge in [0.25, 0.3) is 0 Å². The highest BCUT2D eigenvalue weighted by Crippen LogP contribution is 2.54. The Hall–Kier alpha value is -0.160. The summed E-state index contributed by atoms with van der Waals surface area (Å²) in [6.45, 7) is 4.76. The Balaban J connectivity index is 0.000000212. The van der Waals surface area contributed by atoms with E-state index in [4.69, 9.17) is 22.9 Å². The van der Waals surface area contributed by atoms with Crippen LogP contribution in [0.25, 0.3) is 0 Å². The minimum atomic E-state index is 0.474. The summed E-state index contributed by atoms with van der Waals surface area (Å²) in [5, 5.41) is 0. The van der Waals surface area contributed by atoms with Crippen LogP contribution in [0.2, 0.25) is 0 Å². The summed E-state index contributed by atoms with van der Waals surface area (Å²) in [5.74, 6) is 3.81. The van der Waals surface area contributed by atoms with Crippen molar-refractivity contribution in [3.8, 4) is 0 Å². The summed E-state index contributed by atoms with van der Waals surface area (Å²) >= 11 is 0. The van der Waals surface area contributed by atoms with Gasteiger partial charge in [0.2, 0.25) is 0 Å². The zero-order valence-corrected chi connectivity index (χ0v) is 24.3. The van der Waals surface area contributed by atoms with E-state index >= 15 is 0 Å². The molecular formula is C32H64N4. The van der Waals surface area contributed by atoms with Gasteiger partial charge in [0.05, 0.1) is 0 Å². The highest BCUT2D eigenvalue weighted by Gasteiger charge is 2.45. The van der Waals surface area contributed by atoms with Crippen molar-refractivity contribution in [1.82, 2.24) is 0 Å². The number of nitrogens with two attached hydrogens (primary N) is 4. The van der Waals surface area contributed by atoms with Crippen LogP contribution in [0.4, 0.5) is 0 Å². The van der Waals surface area contributed by atoms with Gasteiger partial charge in [-0.2, -0.15) is 0 Å². The third-order valence-corrected chi connectivity index (χ3v) is 11.1. The van der Waals surface area contributed by atoms with Gasteiger partial charge in [-0.05, 0) is 151 Å². The summed E-state index contributed by atoms with van der Waals surface area (Å²) in [4.78, 5) is 0. The molecule has 0 aromatic carbocycles. The first kappa shape index (κ1) is 30.4.